The Bertz CT molecular complexity index is 153. The van der Waals surface area contributed by atoms with Crippen molar-refractivity contribution in [2.45, 2.75) is 19.4 Å². The van der Waals surface area contributed by atoms with Gasteiger partial charge in [0.2, 0.25) is 0 Å². The van der Waals surface area contributed by atoms with Crippen LogP contribution in [0.4, 0.5) is 0 Å². The van der Waals surface area contributed by atoms with Gasteiger partial charge in [0.05, 0.1) is 32.2 Å². The molecule has 0 aromatic rings. The van der Waals surface area contributed by atoms with Gasteiger partial charge in [-0.15, -0.1) is 0 Å². The minimum absolute atomic E-state index is 0.101. The summed E-state index contributed by atoms with van der Waals surface area (Å²) in [6.45, 7) is 4.62. The fourth-order valence-electron chi connectivity index (χ4n) is 0.973. The lowest BCUT2D eigenvalue weighted by Gasteiger charge is -2.21. The summed E-state index contributed by atoms with van der Waals surface area (Å²) >= 11 is 0. The minimum Gasteiger partial charge on any atom is -0.387 e. The van der Waals surface area contributed by atoms with Gasteiger partial charge >= 0.3 is 0 Å². The van der Waals surface area contributed by atoms with E-state index in [1.165, 1.54) is 0 Å². The van der Waals surface area contributed by atoms with Gasteiger partial charge in [0, 0.05) is 6.42 Å². The van der Waals surface area contributed by atoms with E-state index in [1.807, 2.05) is 6.92 Å². The number of nitrogens with zero attached hydrogens (tertiary/aromatic N) is 1. The first-order chi connectivity index (χ1) is 5.83. The third kappa shape index (κ3) is 3.19. The first kappa shape index (κ1) is 9.48. The van der Waals surface area contributed by atoms with Gasteiger partial charge in [-0.25, -0.2) is 0 Å². The van der Waals surface area contributed by atoms with Crippen LogP contribution in [0.15, 0.2) is 4.99 Å². The summed E-state index contributed by atoms with van der Waals surface area (Å²) < 4.78 is 10.6. The number of hydrogen-bond acceptors (Lipinski definition) is 3. The van der Waals surface area contributed by atoms with E-state index in [9.17, 15) is 0 Å². The Morgan fingerprint density at radius 2 is 2.42 bits per heavy atom. The summed E-state index contributed by atoms with van der Waals surface area (Å²) in [6.07, 6.45) is 0.900. The Morgan fingerprint density at radius 3 is 3.00 bits per heavy atom. The van der Waals surface area contributed by atoms with Gasteiger partial charge in [-0.05, 0) is 0 Å². The van der Waals surface area contributed by atoms with Gasteiger partial charge < -0.3 is 15.2 Å². The molecule has 0 aliphatic carbocycles. The number of amidine groups is 1. The van der Waals surface area contributed by atoms with Crippen LogP contribution in [0.2, 0.25) is 0 Å². The highest BCUT2D eigenvalue weighted by Crippen LogP contribution is 2.00. The molecular weight excluding hydrogens is 156 g/mol. The number of aliphatic imine (C=N–C) groups is 1. The summed E-state index contributed by atoms with van der Waals surface area (Å²) in [5.41, 5.74) is 5.54. The van der Waals surface area contributed by atoms with Crippen molar-refractivity contribution in [1.29, 1.82) is 0 Å². The second-order valence-corrected chi connectivity index (χ2v) is 2.75. The van der Waals surface area contributed by atoms with E-state index >= 15 is 0 Å². The minimum atomic E-state index is 0.101. The van der Waals surface area contributed by atoms with Crippen molar-refractivity contribution in [3.63, 3.8) is 0 Å². The van der Waals surface area contributed by atoms with Crippen LogP contribution < -0.4 is 5.73 Å². The fraction of sp³-hybridized carbons (Fsp3) is 0.875. The van der Waals surface area contributed by atoms with E-state index in [1.54, 1.807) is 0 Å². The topological polar surface area (TPSA) is 56.8 Å². The lowest BCUT2D eigenvalue weighted by Crippen LogP contribution is -2.31. The van der Waals surface area contributed by atoms with Gasteiger partial charge in [-0.1, -0.05) is 6.92 Å². The lowest BCUT2D eigenvalue weighted by atomic mass is 10.3. The zero-order valence-corrected chi connectivity index (χ0v) is 7.45. The predicted octanol–water partition coefficient (Wildman–Crippen LogP) is 0.169. The lowest BCUT2D eigenvalue weighted by molar-refractivity contribution is -0.0832. The zero-order chi connectivity index (χ0) is 8.81. The monoisotopic (exact) mass is 172 g/mol. The average Bonchev–Trinajstić information content (AvgIpc) is 2.16. The molecule has 4 nitrogen and oxygen atoms in total. The summed E-state index contributed by atoms with van der Waals surface area (Å²) in [7, 11) is 0. The molecule has 0 radical (unpaired) electrons. The maximum atomic E-state index is 5.54. The molecule has 1 unspecified atom stereocenters. The maximum Gasteiger partial charge on any atom is 0.100 e. The molecule has 12 heavy (non-hydrogen) atoms. The van der Waals surface area contributed by atoms with Crippen LogP contribution in [0.25, 0.3) is 0 Å². The first-order valence-electron chi connectivity index (χ1n) is 4.31. The Balaban J connectivity index is 2.21. The molecule has 1 aliphatic heterocycles. The molecule has 0 amide bonds. The molecule has 70 valence electrons. The average molecular weight is 172 g/mol. The highest BCUT2D eigenvalue weighted by atomic mass is 16.6. The number of ether oxygens (including phenoxy) is 2. The summed E-state index contributed by atoms with van der Waals surface area (Å²) in [6, 6.07) is 0. The van der Waals surface area contributed by atoms with E-state index in [-0.39, 0.29) is 6.10 Å². The Labute approximate surface area is 72.8 Å². The van der Waals surface area contributed by atoms with Gasteiger partial charge in [-0.3, -0.25) is 4.99 Å². The van der Waals surface area contributed by atoms with E-state index in [0.717, 1.165) is 6.42 Å². The predicted molar refractivity (Wildman–Crippen MR) is 47.3 cm³/mol. The standard InChI is InChI=1S/C8H16N2O2/c1-2-8(9)10-5-7-6-11-3-4-12-7/h7H,2-6H2,1H3,(H2,9,10). The van der Waals surface area contributed by atoms with E-state index in [4.69, 9.17) is 15.2 Å². The molecule has 1 rings (SSSR count). The first-order valence-corrected chi connectivity index (χ1v) is 4.31. The molecule has 1 heterocycles. The molecule has 1 atom stereocenters. The Kier molecular flexibility index (Phi) is 4.04. The van der Waals surface area contributed by atoms with Crippen LogP contribution in [-0.2, 0) is 9.47 Å². The van der Waals surface area contributed by atoms with Crippen molar-refractivity contribution in [3.8, 4) is 0 Å². The molecule has 0 bridgehead atoms. The van der Waals surface area contributed by atoms with Crippen LogP contribution >= 0.6 is 0 Å². The molecule has 2 N–H and O–H groups in total. The van der Waals surface area contributed by atoms with Crippen molar-refractivity contribution in [3.05, 3.63) is 0 Å². The van der Waals surface area contributed by atoms with Gasteiger partial charge in [0.25, 0.3) is 0 Å². The van der Waals surface area contributed by atoms with E-state index in [2.05, 4.69) is 4.99 Å². The maximum absolute atomic E-state index is 5.54. The molecular formula is C8H16N2O2. The molecule has 0 aromatic heterocycles. The molecule has 4 heteroatoms. The Morgan fingerprint density at radius 1 is 1.58 bits per heavy atom. The van der Waals surface area contributed by atoms with Crippen molar-refractivity contribution < 1.29 is 9.47 Å². The van der Waals surface area contributed by atoms with Crippen molar-refractivity contribution in [2.75, 3.05) is 26.4 Å². The molecule has 1 aliphatic rings. The van der Waals surface area contributed by atoms with Crippen molar-refractivity contribution in [1.82, 2.24) is 0 Å². The van der Waals surface area contributed by atoms with Crippen molar-refractivity contribution in [2.24, 2.45) is 10.7 Å². The van der Waals surface area contributed by atoms with E-state index < -0.39 is 0 Å². The summed E-state index contributed by atoms with van der Waals surface area (Å²) in [5.74, 6) is 0.684. The number of nitrogens with two attached hydrogens (primary N) is 1. The Hall–Kier alpha value is -0.610. The quantitative estimate of drug-likeness (QED) is 0.487. The van der Waals surface area contributed by atoms with Crippen LogP contribution in [0.1, 0.15) is 13.3 Å². The van der Waals surface area contributed by atoms with Gasteiger partial charge in [-0.2, -0.15) is 0 Å². The second kappa shape index (κ2) is 5.11. The van der Waals surface area contributed by atoms with Crippen molar-refractivity contribution >= 4 is 5.84 Å². The zero-order valence-electron chi connectivity index (χ0n) is 7.45. The van der Waals surface area contributed by atoms with Crippen LogP contribution in [0.5, 0.6) is 0 Å². The third-order valence-corrected chi connectivity index (χ3v) is 1.75. The number of rotatable bonds is 3. The molecule has 1 fully saturated rings. The normalized spacial score (nSPS) is 25.8. The second-order valence-electron chi connectivity index (χ2n) is 2.75. The highest BCUT2D eigenvalue weighted by Gasteiger charge is 2.12. The molecule has 1 saturated heterocycles. The van der Waals surface area contributed by atoms with Crippen LogP contribution in [0, 0.1) is 0 Å². The SMILES string of the molecule is CCC(N)=NCC1COCCO1. The molecule has 0 spiro atoms. The highest BCUT2D eigenvalue weighted by molar-refractivity contribution is 5.79. The largest absolute Gasteiger partial charge is 0.387 e. The fourth-order valence-corrected chi connectivity index (χ4v) is 0.973. The molecule has 0 aromatic carbocycles. The van der Waals surface area contributed by atoms with Gasteiger partial charge in [0.15, 0.2) is 0 Å². The smallest absolute Gasteiger partial charge is 0.100 e. The third-order valence-electron chi connectivity index (χ3n) is 1.75. The molecule has 0 saturated carbocycles. The van der Waals surface area contributed by atoms with Gasteiger partial charge in [0.1, 0.15) is 6.10 Å². The van der Waals surface area contributed by atoms with Crippen LogP contribution in [-0.4, -0.2) is 38.3 Å². The summed E-state index contributed by atoms with van der Waals surface area (Å²) in [5, 5.41) is 0. The van der Waals surface area contributed by atoms with E-state index in [0.29, 0.717) is 32.2 Å². The summed E-state index contributed by atoms with van der Waals surface area (Å²) in [4.78, 5) is 4.16. The number of hydrogen-bond donors (Lipinski definition) is 1. The van der Waals surface area contributed by atoms with Crippen LogP contribution in [0.3, 0.4) is 0 Å².